The second-order valence-electron chi connectivity index (χ2n) is 4.24. The molecule has 19 heavy (non-hydrogen) atoms. The van der Waals surface area contributed by atoms with Gasteiger partial charge in [-0.05, 0) is 32.0 Å². The predicted molar refractivity (Wildman–Crippen MR) is 71.1 cm³/mol. The van der Waals surface area contributed by atoms with Crippen molar-refractivity contribution in [3.05, 3.63) is 41.5 Å². The molecule has 0 fully saturated rings. The third-order valence-corrected chi connectivity index (χ3v) is 2.76. The van der Waals surface area contributed by atoms with Crippen LogP contribution in [0.1, 0.15) is 34.8 Å². The van der Waals surface area contributed by atoms with E-state index in [0.717, 1.165) is 11.5 Å². The number of hydrogen-bond donors (Lipinski definition) is 3. The zero-order valence-corrected chi connectivity index (χ0v) is 10.7. The number of nitrogens with two attached hydrogens (primary N) is 1. The molecule has 0 saturated heterocycles. The van der Waals surface area contributed by atoms with Crippen LogP contribution in [0.5, 0.6) is 0 Å². The average molecular weight is 261 g/mol. The molecule has 2 aromatic heterocycles. The van der Waals surface area contributed by atoms with E-state index in [2.05, 4.69) is 10.3 Å². The molecular formula is C13H15N3O3. The largest absolute Gasteiger partial charge is 0.478 e. The molecule has 0 radical (unpaired) electrons. The number of nitrogens with one attached hydrogen (secondary N) is 1. The van der Waals surface area contributed by atoms with Crippen molar-refractivity contribution >= 4 is 17.5 Å². The molecular weight excluding hydrogens is 246 g/mol. The monoisotopic (exact) mass is 261 g/mol. The summed E-state index contributed by atoms with van der Waals surface area (Å²) >= 11 is 0. The topological polar surface area (TPSA) is 101 Å². The van der Waals surface area contributed by atoms with E-state index in [9.17, 15) is 4.79 Å². The fraction of sp³-hybridized carbons (Fsp3) is 0.231. The first kappa shape index (κ1) is 12.9. The number of carboxylic acid groups (broad SMARTS) is 1. The molecule has 2 aromatic rings. The van der Waals surface area contributed by atoms with Gasteiger partial charge in [-0.3, -0.25) is 0 Å². The molecule has 1 atom stereocenters. The molecule has 0 aliphatic carbocycles. The molecule has 0 amide bonds. The lowest BCUT2D eigenvalue weighted by Crippen LogP contribution is -2.12. The lowest BCUT2D eigenvalue weighted by Gasteiger charge is -2.14. The van der Waals surface area contributed by atoms with Crippen LogP contribution in [0.3, 0.4) is 0 Å². The molecule has 0 bridgehead atoms. The van der Waals surface area contributed by atoms with Gasteiger partial charge in [-0.15, -0.1) is 0 Å². The maximum atomic E-state index is 11.0. The maximum absolute atomic E-state index is 11.0. The predicted octanol–water partition coefficient (Wildman–Crippen LogP) is 2.44. The van der Waals surface area contributed by atoms with Crippen molar-refractivity contribution in [2.45, 2.75) is 19.9 Å². The Bertz CT molecular complexity index is 607. The molecule has 4 N–H and O–H groups in total. The summed E-state index contributed by atoms with van der Waals surface area (Å²) in [5, 5.41) is 12.0. The number of rotatable bonds is 4. The van der Waals surface area contributed by atoms with E-state index in [4.69, 9.17) is 15.3 Å². The van der Waals surface area contributed by atoms with Gasteiger partial charge >= 0.3 is 5.97 Å². The summed E-state index contributed by atoms with van der Waals surface area (Å²) in [7, 11) is 0. The third-order valence-electron chi connectivity index (χ3n) is 2.76. The Morgan fingerprint density at radius 2 is 2.21 bits per heavy atom. The van der Waals surface area contributed by atoms with Crippen LogP contribution in [0.2, 0.25) is 0 Å². The Balaban J connectivity index is 2.24. The van der Waals surface area contributed by atoms with Crippen LogP contribution in [-0.2, 0) is 0 Å². The van der Waals surface area contributed by atoms with E-state index in [0.29, 0.717) is 5.82 Å². The summed E-state index contributed by atoms with van der Waals surface area (Å²) < 4.78 is 5.49. The molecule has 2 rings (SSSR count). The summed E-state index contributed by atoms with van der Waals surface area (Å²) in [5.41, 5.74) is 5.92. The Morgan fingerprint density at radius 3 is 2.79 bits per heavy atom. The Kier molecular flexibility index (Phi) is 3.41. The van der Waals surface area contributed by atoms with E-state index in [1.807, 2.05) is 26.0 Å². The number of aromatic carboxylic acids is 1. The number of aryl methyl sites for hydroxylation is 1. The summed E-state index contributed by atoms with van der Waals surface area (Å²) in [6.45, 7) is 3.74. The first-order valence-corrected chi connectivity index (χ1v) is 5.79. The second kappa shape index (κ2) is 5.01. The van der Waals surface area contributed by atoms with Crippen LogP contribution in [-0.4, -0.2) is 16.1 Å². The Labute approximate surface area is 110 Å². The van der Waals surface area contributed by atoms with Gasteiger partial charge in [0.1, 0.15) is 11.5 Å². The Hall–Kier alpha value is -2.50. The van der Waals surface area contributed by atoms with Gasteiger partial charge in [0.05, 0.1) is 17.3 Å². The molecule has 0 aliphatic rings. The van der Waals surface area contributed by atoms with E-state index < -0.39 is 5.97 Å². The fourth-order valence-corrected chi connectivity index (χ4v) is 1.74. The van der Waals surface area contributed by atoms with Gasteiger partial charge in [-0.25, -0.2) is 9.78 Å². The van der Waals surface area contributed by atoms with Crippen molar-refractivity contribution in [2.75, 3.05) is 11.1 Å². The van der Waals surface area contributed by atoms with Gasteiger partial charge in [-0.1, -0.05) is 0 Å². The van der Waals surface area contributed by atoms with Crippen molar-refractivity contribution in [2.24, 2.45) is 0 Å². The zero-order chi connectivity index (χ0) is 14.0. The van der Waals surface area contributed by atoms with Gasteiger partial charge in [0.25, 0.3) is 0 Å². The van der Waals surface area contributed by atoms with Crippen molar-refractivity contribution in [3.8, 4) is 0 Å². The van der Waals surface area contributed by atoms with Crippen LogP contribution in [0.25, 0.3) is 0 Å². The van der Waals surface area contributed by atoms with Gasteiger partial charge in [-0.2, -0.15) is 0 Å². The summed E-state index contributed by atoms with van der Waals surface area (Å²) in [4.78, 5) is 15.0. The lowest BCUT2D eigenvalue weighted by atomic mass is 10.2. The van der Waals surface area contributed by atoms with Crippen LogP contribution in [0.15, 0.2) is 28.8 Å². The summed E-state index contributed by atoms with van der Waals surface area (Å²) in [6, 6.07) is 4.92. The minimum absolute atomic E-state index is 0.0281. The van der Waals surface area contributed by atoms with E-state index in [1.165, 1.54) is 12.3 Å². The lowest BCUT2D eigenvalue weighted by molar-refractivity contribution is 0.0698. The minimum atomic E-state index is -1.08. The number of aromatic nitrogens is 1. The summed E-state index contributed by atoms with van der Waals surface area (Å²) in [5.74, 6) is 0.800. The summed E-state index contributed by atoms with van der Waals surface area (Å²) in [6.07, 6.45) is 1.41. The highest BCUT2D eigenvalue weighted by molar-refractivity contribution is 5.96. The number of nitrogen functional groups attached to an aromatic ring is 1. The third kappa shape index (κ3) is 2.67. The number of anilines is 2. The molecule has 0 saturated carbocycles. The molecule has 0 aliphatic heterocycles. The second-order valence-corrected chi connectivity index (χ2v) is 4.24. The molecule has 0 spiro atoms. The van der Waals surface area contributed by atoms with Gasteiger partial charge in [0.15, 0.2) is 5.82 Å². The quantitative estimate of drug-likeness (QED) is 0.781. The van der Waals surface area contributed by atoms with Crippen LogP contribution in [0, 0.1) is 6.92 Å². The number of nitrogens with zero attached hydrogens (tertiary/aromatic N) is 1. The van der Waals surface area contributed by atoms with Crippen molar-refractivity contribution < 1.29 is 14.3 Å². The first-order chi connectivity index (χ1) is 8.99. The van der Waals surface area contributed by atoms with Gasteiger partial charge in [0, 0.05) is 6.20 Å². The normalized spacial score (nSPS) is 12.1. The smallest absolute Gasteiger partial charge is 0.337 e. The molecule has 1 unspecified atom stereocenters. The van der Waals surface area contributed by atoms with E-state index >= 15 is 0 Å². The van der Waals surface area contributed by atoms with Gasteiger partial charge < -0.3 is 20.6 Å². The van der Waals surface area contributed by atoms with E-state index in [1.54, 1.807) is 0 Å². The number of pyridine rings is 1. The molecule has 2 heterocycles. The van der Waals surface area contributed by atoms with Crippen molar-refractivity contribution in [1.82, 2.24) is 4.98 Å². The highest BCUT2D eigenvalue weighted by Gasteiger charge is 2.15. The number of hydrogen-bond acceptors (Lipinski definition) is 5. The molecule has 6 nitrogen and oxygen atoms in total. The van der Waals surface area contributed by atoms with Crippen molar-refractivity contribution in [3.63, 3.8) is 0 Å². The number of carbonyl (C=O) groups is 1. The van der Waals surface area contributed by atoms with Crippen LogP contribution in [0.4, 0.5) is 11.5 Å². The Morgan fingerprint density at radius 1 is 1.47 bits per heavy atom. The van der Waals surface area contributed by atoms with E-state index in [-0.39, 0.29) is 17.3 Å². The molecule has 0 aromatic carbocycles. The standard InChI is InChI=1S/C13H15N3O3/c1-7-3-4-10(19-7)8(2)16-12-11(14)9(13(17)18)5-6-15-12/h3-6,8H,14H2,1-2H3,(H,15,16)(H,17,18). The first-order valence-electron chi connectivity index (χ1n) is 5.79. The average Bonchev–Trinajstić information content (AvgIpc) is 2.78. The van der Waals surface area contributed by atoms with Gasteiger partial charge in [0.2, 0.25) is 0 Å². The molecule has 6 heteroatoms. The van der Waals surface area contributed by atoms with Crippen molar-refractivity contribution in [1.29, 1.82) is 0 Å². The highest BCUT2D eigenvalue weighted by atomic mass is 16.4. The number of furan rings is 1. The minimum Gasteiger partial charge on any atom is -0.478 e. The van der Waals surface area contributed by atoms with Crippen LogP contribution < -0.4 is 11.1 Å². The maximum Gasteiger partial charge on any atom is 0.337 e. The number of carboxylic acids is 1. The zero-order valence-electron chi connectivity index (χ0n) is 10.7. The molecule has 100 valence electrons. The highest BCUT2D eigenvalue weighted by Crippen LogP contribution is 2.25. The van der Waals surface area contributed by atoms with Crippen LogP contribution >= 0.6 is 0 Å². The SMILES string of the molecule is Cc1ccc(C(C)Nc2nccc(C(=O)O)c2N)o1. The fourth-order valence-electron chi connectivity index (χ4n) is 1.74.